The molecule has 104 valence electrons. The molecule has 0 saturated carbocycles. The van der Waals surface area contributed by atoms with Gasteiger partial charge in [0, 0.05) is 18.5 Å². The Morgan fingerprint density at radius 3 is 2.90 bits per heavy atom. The normalized spacial score (nSPS) is 16.9. The molecular weight excluding hydrogens is 253 g/mol. The van der Waals surface area contributed by atoms with Crippen LogP contribution in [-0.2, 0) is 13.0 Å². The summed E-state index contributed by atoms with van der Waals surface area (Å²) < 4.78 is 19.8. The molecule has 3 rings (SSSR count). The van der Waals surface area contributed by atoms with Crippen LogP contribution in [0.5, 0.6) is 5.75 Å². The molecular formula is C17H18FNO. The Morgan fingerprint density at radius 1 is 1.25 bits per heavy atom. The van der Waals surface area contributed by atoms with E-state index in [1.165, 1.54) is 6.07 Å². The Morgan fingerprint density at radius 2 is 2.10 bits per heavy atom. The Labute approximate surface area is 118 Å². The fourth-order valence-electron chi connectivity index (χ4n) is 2.70. The van der Waals surface area contributed by atoms with Gasteiger partial charge in [-0.25, -0.2) is 4.39 Å². The third kappa shape index (κ3) is 2.41. The molecule has 0 amide bonds. The van der Waals surface area contributed by atoms with Crippen molar-refractivity contribution in [1.29, 1.82) is 0 Å². The van der Waals surface area contributed by atoms with Crippen molar-refractivity contribution in [2.24, 2.45) is 0 Å². The topological polar surface area (TPSA) is 21.3 Å². The van der Waals surface area contributed by atoms with Gasteiger partial charge in [0.05, 0.1) is 0 Å². The molecule has 0 bridgehead atoms. The van der Waals surface area contributed by atoms with Gasteiger partial charge in [-0.1, -0.05) is 12.1 Å². The molecule has 2 nitrogen and oxygen atoms in total. The van der Waals surface area contributed by atoms with Crippen molar-refractivity contribution < 1.29 is 9.13 Å². The number of hydrogen-bond donors (Lipinski definition) is 1. The summed E-state index contributed by atoms with van der Waals surface area (Å²) in [6.45, 7) is 2.78. The first-order chi connectivity index (χ1) is 9.67. The highest BCUT2D eigenvalue weighted by molar-refractivity contribution is 5.67. The first kappa shape index (κ1) is 13.1. The predicted octanol–water partition coefficient (Wildman–Crippen LogP) is 3.54. The minimum Gasteiger partial charge on any atom is -0.490 e. The van der Waals surface area contributed by atoms with E-state index in [4.69, 9.17) is 4.74 Å². The molecule has 0 aromatic heterocycles. The molecule has 1 aliphatic heterocycles. The van der Waals surface area contributed by atoms with Gasteiger partial charge in [-0.15, -0.1) is 0 Å². The van der Waals surface area contributed by atoms with Crippen LogP contribution in [0.25, 0.3) is 11.1 Å². The lowest BCUT2D eigenvalue weighted by atomic mass is 9.99. The first-order valence-corrected chi connectivity index (χ1v) is 6.90. The number of fused-ring (bicyclic) bond motifs is 1. The minimum absolute atomic E-state index is 0.184. The van der Waals surface area contributed by atoms with Gasteiger partial charge in [0.1, 0.15) is 17.7 Å². The lowest BCUT2D eigenvalue weighted by Crippen LogP contribution is -2.05. The maximum Gasteiger partial charge on any atom is 0.131 e. The van der Waals surface area contributed by atoms with E-state index in [0.717, 1.165) is 35.4 Å². The monoisotopic (exact) mass is 271 g/mol. The molecule has 0 saturated heterocycles. The predicted molar refractivity (Wildman–Crippen MR) is 78.4 cm³/mol. The largest absolute Gasteiger partial charge is 0.490 e. The highest BCUT2D eigenvalue weighted by Gasteiger charge is 2.19. The number of ether oxygens (including phenoxy) is 1. The number of hydrogen-bond acceptors (Lipinski definition) is 2. The average molecular weight is 271 g/mol. The molecule has 0 fully saturated rings. The molecule has 1 heterocycles. The second-order valence-electron chi connectivity index (χ2n) is 5.30. The van der Waals surface area contributed by atoms with Crippen LogP contribution in [0.1, 0.15) is 18.1 Å². The third-order valence-corrected chi connectivity index (χ3v) is 3.62. The van der Waals surface area contributed by atoms with Gasteiger partial charge < -0.3 is 10.1 Å². The van der Waals surface area contributed by atoms with Crippen LogP contribution in [0.3, 0.4) is 0 Å². The Bertz CT molecular complexity index is 639. The maximum atomic E-state index is 14.1. The quantitative estimate of drug-likeness (QED) is 0.922. The van der Waals surface area contributed by atoms with Crippen molar-refractivity contribution >= 4 is 0 Å². The molecule has 1 atom stereocenters. The lowest BCUT2D eigenvalue weighted by molar-refractivity contribution is 0.254. The summed E-state index contributed by atoms with van der Waals surface area (Å²) in [5.74, 6) is 0.741. The van der Waals surface area contributed by atoms with E-state index in [-0.39, 0.29) is 11.9 Å². The van der Waals surface area contributed by atoms with Crippen molar-refractivity contribution in [3.8, 4) is 16.9 Å². The van der Waals surface area contributed by atoms with Crippen LogP contribution in [-0.4, -0.2) is 13.2 Å². The SMILES string of the molecule is CNCc1ccc(F)c(-c2ccc3c(c2)CC(C)O3)c1. The van der Waals surface area contributed by atoms with Crippen LogP contribution in [0.4, 0.5) is 4.39 Å². The Balaban J connectivity index is 2.01. The molecule has 0 radical (unpaired) electrons. The standard InChI is InChI=1S/C17H18FNO/c1-11-7-14-9-13(4-6-17(14)20-11)15-8-12(10-19-2)3-5-16(15)18/h3-6,8-9,11,19H,7,10H2,1-2H3. The van der Waals surface area contributed by atoms with E-state index in [1.807, 2.05) is 44.3 Å². The van der Waals surface area contributed by atoms with Crippen molar-refractivity contribution in [3.05, 3.63) is 53.3 Å². The van der Waals surface area contributed by atoms with Gasteiger partial charge in [0.2, 0.25) is 0 Å². The summed E-state index contributed by atoms with van der Waals surface area (Å²) in [7, 11) is 1.89. The summed E-state index contributed by atoms with van der Waals surface area (Å²) in [6.07, 6.45) is 1.10. The molecule has 0 aliphatic carbocycles. The zero-order valence-corrected chi connectivity index (χ0v) is 11.7. The van der Waals surface area contributed by atoms with Crippen molar-refractivity contribution in [1.82, 2.24) is 5.32 Å². The van der Waals surface area contributed by atoms with E-state index in [1.54, 1.807) is 0 Å². The lowest BCUT2D eigenvalue weighted by Gasteiger charge is -2.08. The second kappa shape index (κ2) is 5.25. The van der Waals surface area contributed by atoms with Crippen LogP contribution in [0.15, 0.2) is 36.4 Å². The molecule has 1 aliphatic rings. The molecule has 20 heavy (non-hydrogen) atoms. The Hall–Kier alpha value is -1.87. The molecule has 0 spiro atoms. The summed E-state index contributed by atoms with van der Waals surface area (Å²) in [4.78, 5) is 0. The van der Waals surface area contributed by atoms with E-state index >= 15 is 0 Å². The summed E-state index contributed by atoms with van der Waals surface area (Å²) in [5.41, 5.74) is 3.81. The third-order valence-electron chi connectivity index (χ3n) is 3.62. The van der Waals surface area contributed by atoms with Gasteiger partial charge in [-0.3, -0.25) is 0 Å². The number of nitrogens with one attached hydrogen (secondary N) is 1. The van der Waals surface area contributed by atoms with Crippen LogP contribution >= 0.6 is 0 Å². The zero-order valence-electron chi connectivity index (χ0n) is 11.7. The van der Waals surface area contributed by atoms with Crippen LogP contribution < -0.4 is 10.1 Å². The van der Waals surface area contributed by atoms with Gasteiger partial charge >= 0.3 is 0 Å². The van der Waals surface area contributed by atoms with E-state index in [2.05, 4.69) is 5.32 Å². The highest BCUT2D eigenvalue weighted by atomic mass is 19.1. The molecule has 2 aromatic rings. The van der Waals surface area contributed by atoms with Gasteiger partial charge in [0.25, 0.3) is 0 Å². The summed E-state index contributed by atoms with van der Waals surface area (Å²) >= 11 is 0. The zero-order chi connectivity index (χ0) is 14.1. The molecule has 1 unspecified atom stereocenters. The average Bonchev–Trinajstić information content (AvgIpc) is 2.80. The summed E-state index contributed by atoms with van der Waals surface area (Å²) in [6, 6.07) is 11.2. The molecule has 1 N–H and O–H groups in total. The molecule has 2 aromatic carbocycles. The fraction of sp³-hybridized carbons (Fsp3) is 0.294. The van der Waals surface area contributed by atoms with Crippen molar-refractivity contribution in [3.63, 3.8) is 0 Å². The van der Waals surface area contributed by atoms with E-state index in [0.29, 0.717) is 5.56 Å². The van der Waals surface area contributed by atoms with Gasteiger partial charge in [-0.05, 0) is 54.9 Å². The van der Waals surface area contributed by atoms with Gasteiger partial charge in [0.15, 0.2) is 0 Å². The van der Waals surface area contributed by atoms with Crippen LogP contribution in [0, 0.1) is 5.82 Å². The first-order valence-electron chi connectivity index (χ1n) is 6.90. The number of halogens is 1. The number of benzene rings is 2. The number of rotatable bonds is 3. The smallest absolute Gasteiger partial charge is 0.131 e. The summed E-state index contributed by atoms with van der Waals surface area (Å²) in [5, 5.41) is 3.09. The van der Waals surface area contributed by atoms with E-state index in [9.17, 15) is 4.39 Å². The second-order valence-corrected chi connectivity index (χ2v) is 5.30. The maximum absolute atomic E-state index is 14.1. The van der Waals surface area contributed by atoms with E-state index < -0.39 is 0 Å². The fourth-order valence-corrected chi connectivity index (χ4v) is 2.70. The minimum atomic E-state index is -0.184. The Kier molecular flexibility index (Phi) is 3.45. The van der Waals surface area contributed by atoms with Crippen LogP contribution in [0.2, 0.25) is 0 Å². The van der Waals surface area contributed by atoms with Crippen molar-refractivity contribution in [2.45, 2.75) is 26.0 Å². The molecule has 3 heteroatoms. The highest BCUT2D eigenvalue weighted by Crippen LogP contribution is 2.33. The van der Waals surface area contributed by atoms with Crippen molar-refractivity contribution in [2.75, 3.05) is 7.05 Å². The van der Waals surface area contributed by atoms with Gasteiger partial charge in [-0.2, -0.15) is 0 Å².